The average molecular weight is 372 g/mol. The summed E-state index contributed by atoms with van der Waals surface area (Å²) in [5, 5.41) is 5.07. The van der Waals surface area contributed by atoms with E-state index in [2.05, 4.69) is 0 Å². The summed E-state index contributed by atoms with van der Waals surface area (Å²) in [6.45, 7) is 0.942. The van der Waals surface area contributed by atoms with Crippen LogP contribution in [0.25, 0.3) is 0 Å². The van der Waals surface area contributed by atoms with Gasteiger partial charge in [0.25, 0.3) is 5.91 Å². The quantitative estimate of drug-likeness (QED) is 0.831. The van der Waals surface area contributed by atoms with Gasteiger partial charge in [-0.2, -0.15) is 0 Å². The lowest BCUT2D eigenvalue weighted by atomic mass is 9.89. The molecule has 0 unspecified atom stereocenters. The first kappa shape index (κ1) is 18.3. The molecule has 1 atom stereocenters. The lowest BCUT2D eigenvalue weighted by molar-refractivity contribution is 0.0637. The monoisotopic (exact) mass is 372 g/mol. The van der Waals surface area contributed by atoms with Gasteiger partial charge in [-0.05, 0) is 37.1 Å². The molecule has 1 fully saturated rings. The molecule has 1 amide bonds. The fourth-order valence-electron chi connectivity index (χ4n) is 3.18. The molecule has 0 radical (unpaired) electrons. The molecular formula is C19H20N2O4S. The van der Waals surface area contributed by atoms with Crippen LogP contribution in [-0.2, 0) is 10.0 Å². The molecule has 1 heterocycles. The Labute approximate surface area is 152 Å². The van der Waals surface area contributed by atoms with Crippen LogP contribution < -0.4 is 5.14 Å². The summed E-state index contributed by atoms with van der Waals surface area (Å²) in [6, 6.07) is 14.6. The Hall–Kier alpha value is -2.51. The number of carbonyl (C=O) groups excluding carboxylic acids is 2. The molecule has 0 aliphatic carbocycles. The van der Waals surface area contributed by atoms with Crippen LogP contribution in [0.1, 0.15) is 33.6 Å². The predicted octanol–water partition coefficient (Wildman–Crippen LogP) is 2.07. The lowest BCUT2D eigenvalue weighted by Crippen LogP contribution is -2.42. The van der Waals surface area contributed by atoms with Crippen molar-refractivity contribution in [1.29, 1.82) is 0 Å². The van der Waals surface area contributed by atoms with Gasteiger partial charge in [-0.3, -0.25) is 9.59 Å². The molecule has 1 saturated heterocycles. The minimum Gasteiger partial charge on any atom is -0.338 e. The second-order valence-electron chi connectivity index (χ2n) is 6.39. The molecule has 0 saturated carbocycles. The van der Waals surface area contributed by atoms with Crippen molar-refractivity contribution in [3.8, 4) is 0 Å². The van der Waals surface area contributed by atoms with E-state index in [1.165, 1.54) is 24.3 Å². The van der Waals surface area contributed by atoms with Crippen LogP contribution in [0.5, 0.6) is 0 Å². The van der Waals surface area contributed by atoms with Crippen molar-refractivity contribution >= 4 is 21.7 Å². The first-order valence-corrected chi connectivity index (χ1v) is 9.92. The van der Waals surface area contributed by atoms with Crippen molar-refractivity contribution in [3.63, 3.8) is 0 Å². The number of sulfonamides is 1. The Morgan fingerprint density at radius 2 is 1.62 bits per heavy atom. The smallest absolute Gasteiger partial charge is 0.253 e. The largest absolute Gasteiger partial charge is 0.338 e. The van der Waals surface area contributed by atoms with Gasteiger partial charge in [-0.25, -0.2) is 13.6 Å². The molecule has 1 aliphatic rings. The Kier molecular flexibility index (Phi) is 5.20. The first-order chi connectivity index (χ1) is 12.4. The normalized spacial score (nSPS) is 17.7. The number of carbonyl (C=O) groups is 2. The molecular weight excluding hydrogens is 352 g/mol. The van der Waals surface area contributed by atoms with Gasteiger partial charge in [0.2, 0.25) is 10.0 Å². The van der Waals surface area contributed by atoms with E-state index in [4.69, 9.17) is 5.14 Å². The number of hydrogen-bond donors (Lipinski definition) is 1. The molecule has 7 heteroatoms. The summed E-state index contributed by atoms with van der Waals surface area (Å²) >= 11 is 0. The lowest BCUT2D eigenvalue weighted by Gasteiger charge is -2.32. The average Bonchev–Trinajstić information content (AvgIpc) is 2.67. The first-order valence-electron chi connectivity index (χ1n) is 8.37. The molecule has 0 spiro atoms. The molecule has 6 nitrogen and oxygen atoms in total. The third kappa shape index (κ3) is 4.00. The summed E-state index contributed by atoms with van der Waals surface area (Å²) in [4.78, 5) is 27.0. The molecule has 1 aliphatic heterocycles. The molecule has 2 N–H and O–H groups in total. The number of primary sulfonamides is 1. The third-order valence-corrected chi connectivity index (χ3v) is 5.50. The summed E-state index contributed by atoms with van der Waals surface area (Å²) in [7, 11) is -3.79. The van der Waals surface area contributed by atoms with Crippen LogP contribution in [0.3, 0.4) is 0 Å². The number of rotatable bonds is 4. The van der Waals surface area contributed by atoms with Crippen molar-refractivity contribution in [2.45, 2.75) is 17.7 Å². The number of amides is 1. The molecule has 0 bridgehead atoms. The number of nitrogens with zero attached hydrogens (tertiary/aromatic N) is 1. The highest BCUT2D eigenvalue weighted by Crippen LogP contribution is 2.22. The van der Waals surface area contributed by atoms with Crippen LogP contribution >= 0.6 is 0 Å². The maximum absolute atomic E-state index is 12.7. The third-order valence-electron chi connectivity index (χ3n) is 4.57. The molecule has 136 valence electrons. The number of piperidine rings is 1. The minimum absolute atomic E-state index is 0.0372. The Morgan fingerprint density at radius 1 is 0.962 bits per heavy atom. The van der Waals surface area contributed by atoms with Gasteiger partial charge in [-0.1, -0.05) is 30.3 Å². The fourth-order valence-corrected chi connectivity index (χ4v) is 3.70. The van der Waals surface area contributed by atoms with Crippen LogP contribution in [-0.4, -0.2) is 38.1 Å². The minimum atomic E-state index is -3.79. The maximum Gasteiger partial charge on any atom is 0.253 e. The molecule has 2 aromatic carbocycles. The highest BCUT2D eigenvalue weighted by atomic mass is 32.2. The van der Waals surface area contributed by atoms with Crippen molar-refractivity contribution in [1.82, 2.24) is 4.90 Å². The van der Waals surface area contributed by atoms with Gasteiger partial charge < -0.3 is 4.90 Å². The SMILES string of the molecule is NS(=O)(=O)c1ccc(C(=O)N2CCC[C@@H](C(=O)c3ccccc3)C2)cc1. The second kappa shape index (κ2) is 7.39. The van der Waals surface area contributed by atoms with E-state index in [1.54, 1.807) is 17.0 Å². The molecule has 3 rings (SSSR count). The summed E-state index contributed by atoms with van der Waals surface area (Å²) in [5.41, 5.74) is 1.04. The van der Waals surface area contributed by atoms with E-state index in [9.17, 15) is 18.0 Å². The number of hydrogen-bond acceptors (Lipinski definition) is 4. The number of benzene rings is 2. The molecule has 0 aromatic heterocycles. The van der Waals surface area contributed by atoms with Gasteiger partial charge in [-0.15, -0.1) is 0 Å². The second-order valence-corrected chi connectivity index (χ2v) is 7.95. The van der Waals surface area contributed by atoms with E-state index in [1.807, 2.05) is 18.2 Å². The van der Waals surface area contributed by atoms with E-state index in [0.29, 0.717) is 24.2 Å². The Morgan fingerprint density at radius 3 is 2.23 bits per heavy atom. The van der Waals surface area contributed by atoms with E-state index in [-0.39, 0.29) is 22.5 Å². The van der Waals surface area contributed by atoms with Crippen molar-refractivity contribution in [2.24, 2.45) is 11.1 Å². The van der Waals surface area contributed by atoms with Gasteiger partial charge >= 0.3 is 0 Å². The van der Waals surface area contributed by atoms with Gasteiger partial charge in [0, 0.05) is 30.1 Å². The number of nitrogens with two attached hydrogens (primary N) is 1. The maximum atomic E-state index is 12.7. The highest BCUT2D eigenvalue weighted by molar-refractivity contribution is 7.89. The zero-order chi connectivity index (χ0) is 18.7. The van der Waals surface area contributed by atoms with E-state index >= 15 is 0 Å². The number of ketones is 1. The van der Waals surface area contributed by atoms with Gasteiger partial charge in [0.05, 0.1) is 4.90 Å². The molecule has 26 heavy (non-hydrogen) atoms. The van der Waals surface area contributed by atoms with Crippen LogP contribution in [0.15, 0.2) is 59.5 Å². The van der Waals surface area contributed by atoms with Crippen molar-refractivity contribution in [2.75, 3.05) is 13.1 Å². The van der Waals surface area contributed by atoms with E-state index < -0.39 is 10.0 Å². The zero-order valence-electron chi connectivity index (χ0n) is 14.2. The van der Waals surface area contributed by atoms with Crippen LogP contribution in [0, 0.1) is 5.92 Å². The standard InChI is InChI=1S/C19H20N2O4S/c20-26(24,25)17-10-8-15(9-11-17)19(23)21-12-4-7-16(13-21)18(22)14-5-2-1-3-6-14/h1-3,5-6,8-11,16H,4,7,12-13H2,(H2,20,24,25)/t16-/m1/s1. The van der Waals surface area contributed by atoms with Crippen molar-refractivity contribution in [3.05, 3.63) is 65.7 Å². The summed E-state index contributed by atoms with van der Waals surface area (Å²) in [5.74, 6) is -0.386. The van der Waals surface area contributed by atoms with Crippen LogP contribution in [0.2, 0.25) is 0 Å². The fraction of sp³-hybridized carbons (Fsp3) is 0.263. The van der Waals surface area contributed by atoms with E-state index in [0.717, 1.165) is 12.8 Å². The predicted molar refractivity (Wildman–Crippen MR) is 97.2 cm³/mol. The van der Waals surface area contributed by atoms with Gasteiger partial charge in [0.15, 0.2) is 5.78 Å². The van der Waals surface area contributed by atoms with Crippen molar-refractivity contribution < 1.29 is 18.0 Å². The molecule has 2 aromatic rings. The number of likely N-dealkylation sites (tertiary alicyclic amines) is 1. The highest BCUT2D eigenvalue weighted by Gasteiger charge is 2.29. The zero-order valence-corrected chi connectivity index (χ0v) is 15.0. The Balaban J connectivity index is 1.73. The topological polar surface area (TPSA) is 97.5 Å². The van der Waals surface area contributed by atoms with Crippen LogP contribution in [0.4, 0.5) is 0 Å². The number of Topliss-reactive ketones (excluding diaryl/α,β-unsaturated/α-hetero) is 1. The summed E-state index contributed by atoms with van der Waals surface area (Å²) in [6.07, 6.45) is 1.51. The van der Waals surface area contributed by atoms with Gasteiger partial charge in [0.1, 0.15) is 0 Å². The Bertz CT molecular complexity index is 908. The summed E-state index contributed by atoms with van der Waals surface area (Å²) < 4.78 is 22.6.